The first-order chi connectivity index (χ1) is 13.1. The molecule has 1 fully saturated rings. The van der Waals surface area contributed by atoms with Gasteiger partial charge in [0.15, 0.2) is 0 Å². The number of rotatable bonds is 4. The molecule has 1 saturated heterocycles. The van der Waals surface area contributed by atoms with Crippen molar-refractivity contribution in [1.82, 2.24) is 9.55 Å². The van der Waals surface area contributed by atoms with E-state index in [2.05, 4.69) is 10.3 Å². The van der Waals surface area contributed by atoms with E-state index in [-0.39, 0.29) is 18.2 Å². The summed E-state index contributed by atoms with van der Waals surface area (Å²) >= 11 is 6.02. The van der Waals surface area contributed by atoms with Crippen LogP contribution in [0.2, 0.25) is 5.02 Å². The number of carbonyl (C=O) groups excluding carboxylic acids is 2. The van der Waals surface area contributed by atoms with E-state index in [9.17, 15) is 9.59 Å². The van der Waals surface area contributed by atoms with Crippen molar-refractivity contribution >= 4 is 46.1 Å². The summed E-state index contributed by atoms with van der Waals surface area (Å²) < 4.78 is 1.96. The molecule has 27 heavy (non-hydrogen) atoms. The van der Waals surface area contributed by atoms with E-state index < -0.39 is 5.92 Å². The minimum atomic E-state index is -0.429. The summed E-state index contributed by atoms with van der Waals surface area (Å²) in [5.74, 6) is -0.196. The van der Waals surface area contributed by atoms with Crippen LogP contribution in [0, 0.1) is 5.92 Å². The molecule has 1 aliphatic rings. The van der Waals surface area contributed by atoms with Gasteiger partial charge in [0, 0.05) is 30.2 Å². The fourth-order valence-electron chi connectivity index (χ4n) is 3.48. The van der Waals surface area contributed by atoms with Gasteiger partial charge in [-0.1, -0.05) is 29.8 Å². The number of anilines is 2. The van der Waals surface area contributed by atoms with Crippen LogP contribution in [0.4, 0.5) is 11.6 Å². The van der Waals surface area contributed by atoms with Crippen LogP contribution < -0.4 is 10.2 Å². The second kappa shape index (κ2) is 7.04. The van der Waals surface area contributed by atoms with Crippen LogP contribution in [-0.4, -0.2) is 27.9 Å². The van der Waals surface area contributed by atoms with Crippen LogP contribution in [0.3, 0.4) is 0 Å². The molecule has 0 aliphatic carbocycles. The predicted molar refractivity (Wildman–Crippen MR) is 106 cm³/mol. The van der Waals surface area contributed by atoms with Crippen LogP contribution in [-0.2, 0) is 16.1 Å². The Hall–Kier alpha value is -2.86. The highest BCUT2D eigenvalue weighted by Gasteiger charge is 2.35. The van der Waals surface area contributed by atoms with Gasteiger partial charge in [-0.25, -0.2) is 4.98 Å². The van der Waals surface area contributed by atoms with Gasteiger partial charge in [0.2, 0.25) is 17.8 Å². The summed E-state index contributed by atoms with van der Waals surface area (Å²) in [7, 11) is 0. The zero-order valence-corrected chi connectivity index (χ0v) is 15.6. The van der Waals surface area contributed by atoms with Crippen LogP contribution in [0.25, 0.3) is 11.0 Å². The Morgan fingerprint density at radius 3 is 2.85 bits per heavy atom. The molecular weight excluding hydrogens is 364 g/mol. The van der Waals surface area contributed by atoms with Crippen molar-refractivity contribution in [2.75, 3.05) is 16.8 Å². The molecule has 1 aromatic heterocycles. The molecule has 1 atom stereocenters. The molecule has 2 heterocycles. The summed E-state index contributed by atoms with van der Waals surface area (Å²) in [5, 5.41) is 3.46. The number of aryl methyl sites for hydroxylation is 1. The normalized spacial score (nSPS) is 16.9. The van der Waals surface area contributed by atoms with Crippen molar-refractivity contribution in [3.8, 4) is 0 Å². The largest absolute Gasteiger partial charge is 0.312 e. The number of nitrogens with zero attached hydrogens (tertiary/aromatic N) is 3. The third-order valence-corrected chi connectivity index (χ3v) is 5.06. The fourth-order valence-corrected chi connectivity index (χ4v) is 3.66. The first-order valence-corrected chi connectivity index (χ1v) is 9.26. The molecular formula is C20H19ClN4O2. The Kier molecular flexibility index (Phi) is 4.58. The van der Waals surface area contributed by atoms with Crippen LogP contribution >= 0.6 is 11.6 Å². The second-order valence-corrected chi connectivity index (χ2v) is 6.98. The van der Waals surface area contributed by atoms with Gasteiger partial charge in [-0.05, 0) is 37.3 Å². The van der Waals surface area contributed by atoms with Gasteiger partial charge in [-0.3, -0.25) is 14.9 Å². The Morgan fingerprint density at radius 1 is 1.26 bits per heavy atom. The molecule has 6 nitrogen and oxygen atoms in total. The van der Waals surface area contributed by atoms with Crippen molar-refractivity contribution in [2.24, 2.45) is 5.92 Å². The van der Waals surface area contributed by atoms with E-state index in [0.29, 0.717) is 29.7 Å². The van der Waals surface area contributed by atoms with E-state index in [1.807, 2.05) is 41.8 Å². The SMILES string of the molecule is CCn1c(NC(=O)[C@@H]2CC(=O)N(c3cccc(Cl)c3)C2)nc2ccccc21. The maximum Gasteiger partial charge on any atom is 0.232 e. The van der Waals surface area contributed by atoms with E-state index in [1.165, 1.54) is 0 Å². The van der Waals surface area contributed by atoms with Gasteiger partial charge in [-0.15, -0.1) is 0 Å². The van der Waals surface area contributed by atoms with Crippen LogP contribution in [0.15, 0.2) is 48.5 Å². The topological polar surface area (TPSA) is 67.2 Å². The lowest BCUT2D eigenvalue weighted by Crippen LogP contribution is -2.28. The number of hydrogen-bond donors (Lipinski definition) is 1. The molecule has 2 aromatic carbocycles. The van der Waals surface area contributed by atoms with Crippen molar-refractivity contribution in [1.29, 1.82) is 0 Å². The summed E-state index contributed by atoms with van der Waals surface area (Å²) in [5.41, 5.74) is 2.51. The van der Waals surface area contributed by atoms with Gasteiger partial charge in [0.25, 0.3) is 0 Å². The van der Waals surface area contributed by atoms with E-state index in [0.717, 1.165) is 11.0 Å². The number of imidazole rings is 1. The third kappa shape index (κ3) is 3.28. The molecule has 0 saturated carbocycles. The molecule has 3 aromatic rings. The molecule has 1 N–H and O–H groups in total. The molecule has 0 spiro atoms. The second-order valence-electron chi connectivity index (χ2n) is 6.54. The monoisotopic (exact) mass is 382 g/mol. The van der Waals surface area contributed by atoms with Gasteiger partial charge in [-0.2, -0.15) is 0 Å². The average molecular weight is 383 g/mol. The van der Waals surface area contributed by atoms with Crippen molar-refractivity contribution in [3.63, 3.8) is 0 Å². The van der Waals surface area contributed by atoms with E-state index in [4.69, 9.17) is 11.6 Å². The molecule has 0 bridgehead atoms. The molecule has 138 valence electrons. The predicted octanol–water partition coefficient (Wildman–Crippen LogP) is 3.70. The number of para-hydroxylation sites is 2. The van der Waals surface area contributed by atoms with E-state index in [1.54, 1.807) is 23.1 Å². The number of carbonyl (C=O) groups is 2. The van der Waals surface area contributed by atoms with Crippen molar-refractivity contribution in [2.45, 2.75) is 19.9 Å². The number of halogens is 1. The van der Waals surface area contributed by atoms with Crippen molar-refractivity contribution < 1.29 is 9.59 Å². The Balaban J connectivity index is 1.53. The zero-order chi connectivity index (χ0) is 19.0. The lowest BCUT2D eigenvalue weighted by Gasteiger charge is -2.17. The average Bonchev–Trinajstić information content (AvgIpc) is 3.21. The molecule has 0 radical (unpaired) electrons. The number of benzene rings is 2. The number of hydrogen-bond acceptors (Lipinski definition) is 3. The van der Waals surface area contributed by atoms with Crippen molar-refractivity contribution in [3.05, 3.63) is 53.6 Å². The van der Waals surface area contributed by atoms with Gasteiger partial charge < -0.3 is 9.47 Å². The summed E-state index contributed by atoms with van der Waals surface area (Å²) in [6, 6.07) is 14.8. The highest BCUT2D eigenvalue weighted by atomic mass is 35.5. The lowest BCUT2D eigenvalue weighted by atomic mass is 10.1. The molecule has 7 heteroatoms. The standard InChI is InChI=1S/C20H19ClN4O2/c1-2-24-17-9-4-3-8-16(17)22-20(24)23-19(27)13-10-18(26)25(12-13)15-7-5-6-14(21)11-15/h3-9,11,13H,2,10,12H2,1H3,(H,22,23,27)/t13-/m1/s1. The molecule has 2 amide bonds. The number of fused-ring (bicyclic) bond motifs is 1. The van der Waals surface area contributed by atoms with E-state index >= 15 is 0 Å². The lowest BCUT2D eigenvalue weighted by molar-refractivity contribution is -0.122. The number of amides is 2. The van der Waals surface area contributed by atoms with Gasteiger partial charge in [0.1, 0.15) is 0 Å². The molecule has 4 rings (SSSR count). The maximum atomic E-state index is 12.8. The Morgan fingerprint density at radius 2 is 2.07 bits per heavy atom. The first kappa shape index (κ1) is 17.5. The third-order valence-electron chi connectivity index (χ3n) is 4.82. The molecule has 1 aliphatic heterocycles. The molecule has 0 unspecified atom stereocenters. The van der Waals surface area contributed by atoms with Crippen LogP contribution in [0.1, 0.15) is 13.3 Å². The summed E-state index contributed by atoms with van der Waals surface area (Å²) in [6.45, 7) is 3.02. The summed E-state index contributed by atoms with van der Waals surface area (Å²) in [4.78, 5) is 31.3. The zero-order valence-electron chi connectivity index (χ0n) is 14.9. The highest BCUT2D eigenvalue weighted by Crippen LogP contribution is 2.28. The Labute approximate surface area is 161 Å². The summed E-state index contributed by atoms with van der Waals surface area (Å²) in [6.07, 6.45) is 0.171. The quantitative estimate of drug-likeness (QED) is 0.748. The fraction of sp³-hybridized carbons (Fsp3) is 0.250. The highest BCUT2D eigenvalue weighted by molar-refractivity contribution is 6.31. The maximum absolute atomic E-state index is 12.8. The minimum absolute atomic E-state index is 0.0820. The minimum Gasteiger partial charge on any atom is -0.312 e. The Bertz CT molecular complexity index is 1030. The number of aromatic nitrogens is 2. The van der Waals surface area contributed by atoms with Gasteiger partial charge in [0.05, 0.1) is 17.0 Å². The first-order valence-electron chi connectivity index (χ1n) is 8.89. The van der Waals surface area contributed by atoms with Crippen LogP contribution in [0.5, 0.6) is 0 Å². The van der Waals surface area contributed by atoms with Gasteiger partial charge >= 0.3 is 0 Å². The smallest absolute Gasteiger partial charge is 0.232 e. The number of nitrogens with one attached hydrogen (secondary N) is 1.